The van der Waals surface area contributed by atoms with Crippen LogP contribution in [0.1, 0.15) is 0 Å². The van der Waals surface area contributed by atoms with E-state index in [0.29, 0.717) is 5.82 Å². The highest BCUT2D eigenvalue weighted by Crippen LogP contribution is 2.26. The van der Waals surface area contributed by atoms with Crippen LogP contribution < -0.4 is 11.3 Å². The standard InChI is InChI=1S/C8H6BrN3OS/c9-4-1-5(14-3-4)8-11-6(10)2-7(13)12-8/h1-3H,(H3,10,11,12,13). The lowest BCUT2D eigenvalue weighted by molar-refractivity contribution is 1.14. The number of nitrogens with zero attached hydrogens (tertiary/aromatic N) is 1. The maximum Gasteiger partial charge on any atom is 0.253 e. The molecular weight excluding hydrogens is 266 g/mol. The van der Waals surface area contributed by atoms with Crippen molar-refractivity contribution in [2.24, 2.45) is 0 Å². The minimum Gasteiger partial charge on any atom is -0.383 e. The van der Waals surface area contributed by atoms with Gasteiger partial charge < -0.3 is 10.7 Å². The lowest BCUT2D eigenvalue weighted by Crippen LogP contribution is -2.09. The molecule has 0 fully saturated rings. The van der Waals surface area contributed by atoms with Gasteiger partial charge in [0.15, 0.2) is 5.82 Å². The van der Waals surface area contributed by atoms with E-state index in [-0.39, 0.29) is 11.4 Å². The predicted molar refractivity (Wildman–Crippen MR) is 60.3 cm³/mol. The molecule has 2 aromatic heterocycles. The van der Waals surface area contributed by atoms with Gasteiger partial charge in [0, 0.05) is 15.9 Å². The Morgan fingerprint density at radius 2 is 2.29 bits per heavy atom. The van der Waals surface area contributed by atoms with Crippen molar-refractivity contribution in [3.8, 4) is 10.7 Å². The number of H-pyrrole nitrogens is 1. The van der Waals surface area contributed by atoms with Gasteiger partial charge in [-0.1, -0.05) is 0 Å². The second-order valence-electron chi connectivity index (χ2n) is 2.65. The first-order valence-electron chi connectivity index (χ1n) is 3.76. The van der Waals surface area contributed by atoms with Crippen LogP contribution in [0.3, 0.4) is 0 Å². The van der Waals surface area contributed by atoms with Gasteiger partial charge in [-0.2, -0.15) is 0 Å². The first kappa shape index (κ1) is 9.42. The number of thiophene rings is 1. The number of nitrogens with two attached hydrogens (primary N) is 1. The quantitative estimate of drug-likeness (QED) is 0.832. The molecule has 14 heavy (non-hydrogen) atoms. The Balaban J connectivity index is 2.56. The SMILES string of the molecule is Nc1cc(=O)[nH]c(-c2cc(Br)cs2)n1. The van der Waals surface area contributed by atoms with Gasteiger partial charge in [-0.05, 0) is 22.0 Å². The highest BCUT2D eigenvalue weighted by molar-refractivity contribution is 9.10. The molecule has 4 nitrogen and oxygen atoms in total. The molecule has 0 aliphatic carbocycles. The maximum atomic E-state index is 11.1. The number of nitrogens with one attached hydrogen (secondary N) is 1. The zero-order valence-corrected chi connectivity index (χ0v) is 9.35. The number of hydrogen-bond donors (Lipinski definition) is 2. The number of anilines is 1. The molecule has 6 heteroatoms. The third-order valence-corrected chi connectivity index (χ3v) is 3.26. The van der Waals surface area contributed by atoms with Gasteiger partial charge in [0.2, 0.25) is 0 Å². The third kappa shape index (κ3) is 1.85. The van der Waals surface area contributed by atoms with E-state index in [9.17, 15) is 4.79 Å². The van der Waals surface area contributed by atoms with Crippen LogP contribution in [0.5, 0.6) is 0 Å². The monoisotopic (exact) mass is 271 g/mol. The summed E-state index contributed by atoms with van der Waals surface area (Å²) in [6.07, 6.45) is 0. The van der Waals surface area contributed by atoms with Crippen LogP contribution in [0.4, 0.5) is 5.82 Å². The molecule has 2 aromatic rings. The van der Waals surface area contributed by atoms with Crippen molar-refractivity contribution in [3.63, 3.8) is 0 Å². The molecule has 0 bridgehead atoms. The molecule has 0 saturated carbocycles. The summed E-state index contributed by atoms with van der Waals surface area (Å²) >= 11 is 4.81. The summed E-state index contributed by atoms with van der Waals surface area (Å²) in [5.41, 5.74) is 5.23. The number of hydrogen-bond acceptors (Lipinski definition) is 4. The van der Waals surface area contributed by atoms with Gasteiger partial charge in [0.25, 0.3) is 5.56 Å². The van der Waals surface area contributed by atoms with E-state index in [4.69, 9.17) is 5.73 Å². The van der Waals surface area contributed by atoms with Crippen LogP contribution in [0, 0.1) is 0 Å². The molecule has 0 aliphatic heterocycles. The zero-order chi connectivity index (χ0) is 10.1. The smallest absolute Gasteiger partial charge is 0.253 e. The summed E-state index contributed by atoms with van der Waals surface area (Å²) in [4.78, 5) is 18.6. The van der Waals surface area contributed by atoms with Gasteiger partial charge in [-0.25, -0.2) is 4.98 Å². The minimum atomic E-state index is -0.239. The van der Waals surface area contributed by atoms with Gasteiger partial charge in [-0.15, -0.1) is 11.3 Å². The molecule has 0 radical (unpaired) electrons. The highest BCUT2D eigenvalue weighted by atomic mass is 79.9. The Hall–Kier alpha value is -1.14. The molecule has 0 spiro atoms. The van der Waals surface area contributed by atoms with E-state index in [1.165, 1.54) is 17.4 Å². The summed E-state index contributed by atoms with van der Waals surface area (Å²) in [7, 11) is 0. The van der Waals surface area contributed by atoms with E-state index in [0.717, 1.165) is 9.35 Å². The summed E-state index contributed by atoms with van der Waals surface area (Å²) < 4.78 is 0.961. The Morgan fingerprint density at radius 3 is 2.86 bits per heavy atom. The fourth-order valence-corrected chi connectivity index (χ4v) is 2.40. The number of nitrogen functional groups attached to an aromatic ring is 1. The summed E-state index contributed by atoms with van der Waals surface area (Å²) in [5, 5.41) is 1.92. The second kappa shape index (κ2) is 3.55. The van der Waals surface area contributed by atoms with Crippen molar-refractivity contribution in [2.75, 3.05) is 5.73 Å². The molecule has 0 aromatic carbocycles. The average molecular weight is 272 g/mol. The predicted octanol–water partition coefficient (Wildman–Crippen LogP) is 1.84. The normalized spacial score (nSPS) is 10.4. The van der Waals surface area contributed by atoms with E-state index < -0.39 is 0 Å². The first-order chi connectivity index (χ1) is 6.65. The lowest BCUT2D eigenvalue weighted by atomic mass is 10.4. The maximum absolute atomic E-state index is 11.1. The van der Waals surface area contributed by atoms with Gasteiger partial charge in [-0.3, -0.25) is 4.79 Å². The first-order valence-corrected chi connectivity index (χ1v) is 5.43. The van der Waals surface area contributed by atoms with Crippen molar-refractivity contribution in [2.45, 2.75) is 0 Å². The molecule has 2 rings (SSSR count). The third-order valence-electron chi connectivity index (χ3n) is 1.56. The van der Waals surface area contributed by atoms with E-state index >= 15 is 0 Å². The fraction of sp³-hybridized carbons (Fsp3) is 0. The summed E-state index contributed by atoms with van der Waals surface area (Å²) in [6.45, 7) is 0. The van der Waals surface area contributed by atoms with Crippen molar-refractivity contribution in [3.05, 3.63) is 32.3 Å². The van der Waals surface area contributed by atoms with Crippen LogP contribution in [0.15, 0.2) is 26.8 Å². The summed E-state index contributed by atoms with van der Waals surface area (Å²) in [6, 6.07) is 3.13. The summed E-state index contributed by atoms with van der Waals surface area (Å²) in [5.74, 6) is 0.735. The Labute approximate surface area is 91.9 Å². The molecule has 3 N–H and O–H groups in total. The van der Waals surface area contributed by atoms with Crippen molar-refractivity contribution >= 4 is 33.1 Å². The Bertz CT molecular complexity index is 519. The van der Waals surface area contributed by atoms with Crippen LogP contribution >= 0.6 is 27.3 Å². The zero-order valence-electron chi connectivity index (χ0n) is 6.95. The molecule has 0 saturated heterocycles. The number of halogens is 1. The fourth-order valence-electron chi connectivity index (χ4n) is 1.03. The number of aromatic nitrogens is 2. The van der Waals surface area contributed by atoms with Gasteiger partial charge >= 0.3 is 0 Å². The van der Waals surface area contributed by atoms with Crippen molar-refractivity contribution < 1.29 is 0 Å². The second-order valence-corrected chi connectivity index (χ2v) is 4.47. The average Bonchev–Trinajstić information content (AvgIpc) is 2.50. The molecule has 0 atom stereocenters. The minimum absolute atomic E-state index is 0.230. The van der Waals surface area contributed by atoms with E-state index in [1.54, 1.807) is 0 Å². The number of rotatable bonds is 1. The molecular formula is C8H6BrN3OS. The highest BCUT2D eigenvalue weighted by Gasteiger charge is 2.04. The van der Waals surface area contributed by atoms with Gasteiger partial charge in [0.1, 0.15) is 5.82 Å². The molecule has 0 aliphatic rings. The van der Waals surface area contributed by atoms with Crippen molar-refractivity contribution in [1.29, 1.82) is 0 Å². The van der Waals surface area contributed by atoms with Crippen LogP contribution in [0.2, 0.25) is 0 Å². The van der Waals surface area contributed by atoms with Crippen LogP contribution in [0.25, 0.3) is 10.7 Å². The lowest BCUT2D eigenvalue weighted by Gasteiger charge is -1.96. The van der Waals surface area contributed by atoms with Gasteiger partial charge in [0.05, 0.1) is 4.88 Å². The van der Waals surface area contributed by atoms with Crippen LogP contribution in [-0.2, 0) is 0 Å². The molecule has 72 valence electrons. The van der Waals surface area contributed by atoms with E-state index in [1.807, 2.05) is 11.4 Å². The topological polar surface area (TPSA) is 71.8 Å². The van der Waals surface area contributed by atoms with Crippen molar-refractivity contribution in [1.82, 2.24) is 9.97 Å². The molecule has 2 heterocycles. The Kier molecular flexibility index (Phi) is 2.39. The molecule has 0 amide bonds. The molecule has 0 unspecified atom stereocenters. The van der Waals surface area contributed by atoms with Crippen LogP contribution in [-0.4, -0.2) is 9.97 Å². The largest absolute Gasteiger partial charge is 0.383 e. The Morgan fingerprint density at radius 1 is 1.50 bits per heavy atom. The number of aromatic amines is 1. The van der Waals surface area contributed by atoms with E-state index in [2.05, 4.69) is 25.9 Å².